The van der Waals surface area contributed by atoms with Gasteiger partial charge in [-0.05, 0) is 49.8 Å². The number of halogens is 1. The first-order chi connectivity index (χ1) is 13.9. The number of rotatable bonds is 5. The first-order valence-electron chi connectivity index (χ1n) is 8.93. The number of carbonyl (C=O) groups excluding carboxylic acids is 1. The second kappa shape index (κ2) is 8.71. The quantitative estimate of drug-likeness (QED) is 0.619. The Labute approximate surface area is 180 Å². The fraction of sp³-hybridized carbons (Fsp3) is 0.238. The van der Waals surface area contributed by atoms with E-state index in [0.717, 1.165) is 11.1 Å². The number of para-hydroxylation sites is 1. The normalized spacial score (nSPS) is 16.0. The van der Waals surface area contributed by atoms with Crippen molar-refractivity contribution in [1.82, 2.24) is 10.6 Å². The molecule has 1 atom stereocenters. The van der Waals surface area contributed by atoms with Gasteiger partial charge in [0.1, 0.15) is 0 Å². The van der Waals surface area contributed by atoms with Crippen molar-refractivity contribution in [3.05, 3.63) is 63.8 Å². The number of hydrogen-bond donors (Lipinski definition) is 3. The number of allylic oxidation sites excluding steroid dienone is 1. The number of anilines is 1. The van der Waals surface area contributed by atoms with E-state index in [1.54, 1.807) is 32.4 Å². The molecule has 1 amide bonds. The number of hydrogen-bond acceptors (Lipinski definition) is 4. The van der Waals surface area contributed by atoms with Gasteiger partial charge in [-0.15, -0.1) is 0 Å². The monoisotopic (exact) mass is 431 g/mol. The highest BCUT2D eigenvalue weighted by Gasteiger charge is 2.32. The number of carbonyl (C=O) groups is 1. The Bertz CT molecular complexity index is 1010. The maximum atomic E-state index is 13.3. The van der Waals surface area contributed by atoms with Gasteiger partial charge in [0.2, 0.25) is 0 Å². The van der Waals surface area contributed by atoms with Gasteiger partial charge < -0.3 is 25.4 Å². The van der Waals surface area contributed by atoms with Crippen LogP contribution in [-0.4, -0.2) is 25.2 Å². The van der Waals surface area contributed by atoms with Crippen molar-refractivity contribution in [2.24, 2.45) is 0 Å². The van der Waals surface area contributed by atoms with Gasteiger partial charge in [-0.1, -0.05) is 29.8 Å². The molecule has 1 aliphatic rings. The van der Waals surface area contributed by atoms with E-state index in [1.807, 2.05) is 32.0 Å². The maximum absolute atomic E-state index is 13.3. The fourth-order valence-corrected chi connectivity index (χ4v) is 3.75. The molecule has 0 saturated heterocycles. The van der Waals surface area contributed by atoms with Crippen LogP contribution in [0.15, 0.2) is 47.7 Å². The molecule has 0 aliphatic carbocycles. The van der Waals surface area contributed by atoms with E-state index in [-0.39, 0.29) is 5.91 Å². The van der Waals surface area contributed by atoms with Gasteiger partial charge >= 0.3 is 0 Å². The smallest absolute Gasteiger partial charge is 0.255 e. The molecule has 0 fully saturated rings. The third kappa shape index (κ3) is 4.16. The summed E-state index contributed by atoms with van der Waals surface area (Å²) >= 11 is 11.5. The number of thiocarbonyl (C=S) groups is 1. The van der Waals surface area contributed by atoms with E-state index in [2.05, 4.69) is 16.0 Å². The van der Waals surface area contributed by atoms with Crippen molar-refractivity contribution >= 4 is 40.5 Å². The van der Waals surface area contributed by atoms with E-state index < -0.39 is 6.04 Å². The zero-order valence-corrected chi connectivity index (χ0v) is 18.1. The van der Waals surface area contributed by atoms with E-state index in [4.69, 9.17) is 33.3 Å². The van der Waals surface area contributed by atoms with E-state index in [1.165, 1.54) is 0 Å². The van der Waals surface area contributed by atoms with Crippen LogP contribution in [0.25, 0.3) is 0 Å². The van der Waals surface area contributed by atoms with Crippen molar-refractivity contribution in [2.45, 2.75) is 19.9 Å². The summed E-state index contributed by atoms with van der Waals surface area (Å²) in [5.74, 6) is 0.832. The number of nitrogens with one attached hydrogen (secondary N) is 3. The zero-order valence-electron chi connectivity index (χ0n) is 16.6. The van der Waals surface area contributed by atoms with Gasteiger partial charge in [-0.25, -0.2) is 0 Å². The summed E-state index contributed by atoms with van der Waals surface area (Å²) in [6.45, 7) is 3.67. The molecule has 0 aromatic heterocycles. The average molecular weight is 432 g/mol. The lowest BCUT2D eigenvalue weighted by molar-refractivity contribution is -0.113. The Morgan fingerprint density at radius 3 is 2.55 bits per heavy atom. The molecule has 152 valence electrons. The van der Waals surface area contributed by atoms with Crippen LogP contribution in [0, 0.1) is 6.92 Å². The summed E-state index contributed by atoms with van der Waals surface area (Å²) < 4.78 is 11.0. The third-order valence-electron chi connectivity index (χ3n) is 4.77. The Hall–Kier alpha value is -2.77. The molecule has 1 aliphatic heterocycles. The predicted molar refractivity (Wildman–Crippen MR) is 119 cm³/mol. The SMILES string of the molecule is COc1cccc([C@@H]2NC(=S)NC(C)=C2C(=O)Nc2cccc(Cl)c2C)c1OC. The highest BCUT2D eigenvalue weighted by Crippen LogP contribution is 2.39. The first kappa shape index (κ1) is 21.0. The molecule has 0 saturated carbocycles. The van der Waals surface area contributed by atoms with Crippen LogP contribution in [0.3, 0.4) is 0 Å². The summed E-state index contributed by atoms with van der Waals surface area (Å²) in [5, 5.41) is 10.2. The first-order valence-corrected chi connectivity index (χ1v) is 9.71. The summed E-state index contributed by atoms with van der Waals surface area (Å²) in [4.78, 5) is 13.3. The highest BCUT2D eigenvalue weighted by molar-refractivity contribution is 7.80. The minimum absolute atomic E-state index is 0.273. The fourth-order valence-electron chi connectivity index (χ4n) is 3.30. The molecule has 0 spiro atoms. The molecular formula is C21H22ClN3O3S. The molecule has 0 unspecified atom stereocenters. The largest absolute Gasteiger partial charge is 0.493 e. The van der Waals surface area contributed by atoms with Crippen LogP contribution >= 0.6 is 23.8 Å². The number of ether oxygens (including phenoxy) is 2. The number of benzene rings is 2. The lowest BCUT2D eigenvalue weighted by atomic mass is 9.93. The van der Waals surface area contributed by atoms with Crippen molar-refractivity contribution in [2.75, 3.05) is 19.5 Å². The predicted octanol–water partition coefficient (Wildman–Crippen LogP) is 4.10. The standard InChI is InChI=1S/C21H22ClN3O3S/c1-11-14(22)8-6-9-15(11)24-20(26)17-12(2)23-21(29)25-18(17)13-7-5-10-16(27-3)19(13)28-4/h5-10,18H,1-4H3,(H,24,26)(H2,23,25,29)/t18-/m0/s1. The van der Waals surface area contributed by atoms with Gasteiger partial charge in [0.15, 0.2) is 16.6 Å². The Balaban J connectivity index is 2.05. The van der Waals surface area contributed by atoms with Gasteiger partial charge in [0.05, 0.1) is 25.8 Å². The molecular weight excluding hydrogens is 410 g/mol. The van der Waals surface area contributed by atoms with Crippen LogP contribution < -0.4 is 25.4 Å². The Kier molecular flexibility index (Phi) is 6.30. The Morgan fingerprint density at radius 1 is 1.14 bits per heavy atom. The molecule has 1 heterocycles. The lowest BCUT2D eigenvalue weighted by Crippen LogP contribution is -2.45. The molecule has 3 rings (SSSR count). The van der Waals surface area contributed by atoms with Gasteiger partial charge in [-0.2, -0.15) is 0 Å². The molecule has 0 radical (unpaired) electrons. The molecule has 8 heteroatoms. The number of amides is 1. The molecule has 29 heavy (non-hydrogen) atoms. The van der Waals surface area contributed by atoms with Crippen LogP contribution in [0.5, 0.6) is 11.5 Å². The van der Waals surface area contributed by atoms with Crippen LogP contribution in [0.2, 0.25) is 5.02 Å². The van der Waals surface area contributed by atoms with E-state index in [9.17, 15) is 4.79 Å². The maximum Gasteiger partial charge on any atom is 0.255 e. The van der Waals surface area contributed by atoms with Gasteiger partial charge in [0, 0.05) is 22.0 Å². The van der Waals surface area contributed by atoms with E-state index in [0.29, 0.717) is 38.6 Å². The summed E-state index contributed by atoms with van der Waals surface area (Å²) in [6, 6.07) is 10.4. The van der Waals surface area contributed by atoms with E-state index >= 15 is 0 Å². The van der Waals surface area contributed by atoms with Crippen molar-refractivity contribution in [1.29, 1.82) is 0 Å². The van der Waals surface area contributed by atoms with Crippen molar-refractivity contribution < 1.29 is 14.3 Å². The number of methoxy groups -OCH3 is 2. The van der Waals surface area contributed by atoms with Crippen molar-refractivity contribution in [3.8, 4) is 11.5 Å². The zero-order chi connectivity index (χ0) is 21.1. The molecule has 2 aromatic rings. The van der Waals surface area contributed by atoms with Gasteiger partial charge in [-0.3, -0.25) is 4.79 Å². The second-order valence-corrected chi connectivity index (χ2v) is 7.33. The average Bonchev–Trinajstić information content (AvgIpc) is 2.69. The molecule has 6 nitrogen and oxygen atoms in total. The van der Waals surface area contributed by atoms with Crippen molar-refractivity contribution in [3.63, 3.8) is 0 Å². The third-order valence-corrected chi connectivity index (χ3v) is 5.40. The summed E-state index contributed by atoms with van der Waals surface area (Å²) in [7, 11) is 3.13. The minimum Gasteiger partial charge on any atom is -0.493 e. The van der Waals surface area contributed by atoms with Crippen LogP contribution in [-0.2, 0) is 4.79 Å². The molecule has 3 N–H and O–H groups in total. The Morgan fingerprint density at radius 2 is 1.86 bits per heavy atom. The second-order valence-electron chi connectivity index (χ2n) is 6.52. The summed E-state index contributed by atoms with van der Waals surface area (Å²) in [6.07, 6.45) is 0. The summed E-state index contributed by atoms with van der Waals surface area (Å²) in [5.41, 5.74) is 3.32. The molecule has 2 aromatic carbocycles. The lowest BCUT2D eigenvalue weighted by Gasteiger charge is -2.31. The minimum atomic E-state index is -0.520. The molecule has 0 bridgehead atoms. The topological polar surface area (TPSA) is 71.6 Å². The van der Waals surface area contributed by atoms with Crippen LogP contribution in [0.4, 0.5) is 5.69 Å². The highest BCUT2D eigenvalue weighted by atomic mass is 35.5. The van der Waals surface area contributed by atoms with Gasteiger partial charge in [0.25, 0.3) is 5.91 Å². The van der Waals surface area contributed by atoms with Crippen LogP contribution in [0.1, 0.15) is 24.1 Å².